The summed E-state index contributed by atoms with van der Waals surface area (Å²) in [5.41, 5.74) is 3.87. The molecule has 1 aliphatic heterocycles. The maximum Gasteiger partial charge on any atom is 0.251 e. The van der Waals surface area contributed by atoms with E-state index in [9.17, 15) is 9.59 Å². The zero-order valence-corrected chi connectivity index (χ0v) is 19.6. The smallest absolute Gasteiger partial charge is 0.251 e. The summed E-state index contributed by atoms with van der Waals surface area (Å²) in [6.07, 6.45) is 0. The van der Waals surface area contributed by atoms with Crippen molar-refractivity contribution < 1.29 is 14.3 Å². The van der Waals surface area contributed by atoms with Gasteiger partial charge < -0.3 is 15.4 Å². The molecule has 7 heteroatoms. The highest BCUT2D eigenvalue weighted by atomic mass is 16.5. The molecule has 0 radical (unpaired) electrons. The van der Waals surface area contributed by atoms with Crippen molar-refractivity contribution in [2.24, 2.45) is 0 Å². The van der Waals surface area contributed by atoms with Crippen molar-refractivity contribution >= 4 is 17.6 Å². The van der Waals surface area contributed by atoms with Gasteiger partial charge in [-0.25, -0.2) is 4.68 Å². The second kappa shape index (κ2) is 9.46. The highest BCUT2D eigenvalue weighted by Crippen LogP contribution is 2.41. The predicted molar refractivity (Wildman–Crippen MR) is 134 cm³/mol. The molecule has 2 heterocycles. The summed E-state index contributed by atoms with van der Waals surface area (Å²) in [6, 6.07) is 25.4. The van der Waals surface area contributed by atoms with Gasteiger partial charge in [-0.15, -0.1) is 0 Å². The molecule has 35 heavy (non-hydrogen) atoms. The Labute approximate surface area is 203 Å². The highest BCUT2D eigenvalue weighted by Gasteiger charge is 2.41. The maximum absolute atomic E-state index is 13.5. The number of carbonyl (C=O) groups is 2. The summed E-state index contributed by atoms with van der Waals surface area (Å²) < 4.78 is 7.36. The van der Waals surface area contributed by atoms with Crippen LogP contribution < -0.4 is 15.4 Å². The number of carbonyl (C=O) groups excluding carboxylic acids is 2. The van der Waals surface area contributed by atoms with Crippen molar-refractivity contribution in [3.63, 3.8) is 0 Å². The molecule has 0 fully saturated rings. The SMILES string of the molecule is CCOc1ccc([C@H]2c3c(C)nn(-c4ccccc4)c3NC(=O)[C@H]2NC(=O)c2ccccc2)cc1. The Morgan fingerprint density at radius 1 is 1.00 bits per heavy atom. The van der Waals surface area contributed by atoms with Crippen molar-refractivity contribution in [1.82, 2.24) is 15.1 Å². The van der Waals surface area contributed by atoms with E-state index in [1.54, 1.807) is 28.9 Å². The fraction of sp³-hybridized carbons (Fsp3) is 0.179. The molecular formula is C28H26N4O3. The van der Waals surface area contributed by atoms with Crippen molar-refractivity contribution in [3.05, 3.63) is 107 Å². The van der Waals surface area contributed by atoms with Crippen molar-refractivity contribution in [2.45, 2.75) is 25.8 Å². The normalized spacial score (nSPS) is 16.8. The van der Waals surface area contributed by atoms with E-state index >= 15 is 0 Å². The molecule has 5 rings (SSSR count). The molecule has 0 saturated heterocycles. The van der Waals surface area contributed by atoms with Gasteiger partial charge in [0.1, 0.15) is 17.6 Å². The van der Waals surface area contributed by atoms with Gasteiger partial charge in [0.15, 0.2) is 0 Å². The summed E-state index contributed by atoms with van der Waals surface area (Å²) >= 11 is 0. The summed E-state index contributed by atoms with van der Waals surface area (Å²) in [5.74, 6) is 0.330. The Balaban J connectivity index is 1.61. The zero-order chi connectivity index (χ0) is 24.4. The molecular weight excluding hydrogens is 440 g/mol. The molecule has 7 nitrogen and oxygen atoms in total. The standard InChI is InChI=1S/C28H26N4O3/c1-3-35-22-16-14-19(15-17-22)24-23-18(2)31-32(21-12-8-5-9-13-21)26(23)30-28(34)25(24)29-27(33)20-10-6-4-7-11-20/h4-17,24-25H,3H2,1-2H3,(H,29,33)(H,30,34)/t24-,25-/m0/s1. The Kier molecular flexibility index (Phi) is 6.06. The number of benzene rings is 3. The van der Waals surface area contributed by atoms with Gasteiger partial charge in [-0.3, -0.25) is 9.59 Å². The third-order valence-electron chi connectivity index (χ3n) is 6.15. The lowest BCUT2D eigenvalue weighted by Crippen LogP contribution is -2.50. The van der Waals surface area contributed by atoms with Gasteiger partial charge >= 0.3 is 0 Å². The van der Waals surface area contributed by atoms with Crippen LogP contribution in [0, 0.1) is 6.92 Å². The van der Waals surface area contributed by atoms with Crippen LogP contribution in [0.1, 0.15) is 40.0 Å². The average Bonchev–Trinajstić information content (AvgIpc) is 3.22. The fourth-order valence-corrected chi connectivity index (χ4v) is 4.56. The van der Waals surface area contributed by atoms with Gasteiger partial charge in [0.05, 0.1) is 18.0 Å². The molecule has 176 valence electrons. The first-order valence-electron chi connectivity index (χ1n) is 11.6. The molecule has 0 spiro atoms. The first-order chi connectivity index (χ1) is 17.1. The van der Waals surface area contributed by atoms with Crippen LogP contribution in [0.15, 0.2) is 84.9 Å². The number of rotatable bonds is 6. The number of ether oxygens (including phenoxy) is 1. The van der Waals surface area contributed by atoms with Gasteiger partial charge in [0.25, 0.3) is 5.91 Å². The molecule has 1 aromatic heterocycles. The van der Waals surface area contributed by atoms with Crippen molar-refractivity contribution in [2.75, 3.05) is 11.9 Å². The quantitative estimate of drug-likeness (QED) is 0.439. The monoisotopic (exact) mass is 466 g/mol. The lowest BCUT2D eigenvalue weighted by molar-refractivity contribution is -0.118. The summed E-state index contributed by atoms with van der Waals surface area (Å²) in [4.78, 5) is 26.5. The second-order valence-electron chi connectivity index (χ2n) is 8.38. The number of fused-ring (bicyclic) bond motifs is 1. The fourth-order valence-electron chi connectivity index (χ4n) is 4.56. The number of hydrogen-bond acceptors (Lipinski definition) is 4. The number of nitrogens with zero attached hydrogens (tertiary/aromatic N) is 2. The minimum atomic E-state index is -0.819. The lowest BCUT2D eigenvalue weighted by atomic mass is 9.81. The molecule has 2 amide bonds. The Morgan fingerprint density at radius 2 is 1.66 bits per heavy atom. The first kappa shape index (κ1) is 22.4. The molecule has 2 N–H and O–H groups in total. The number of para-hydroxylation sites is 1. The van der Waals surface area contributed by atoms with Crippen LogP contribution >= 0.6 is 0 Å². The van der Waals surface area contributed by atoms with Gasteiger partial charge in [-0.05, 0) is 55.8 Å². The van der Waals surface area contributed by atoms with E-state index in [0.29, 0.717) is 18.0 Å². The Bertz CT molecular complexity index is 1350. The molecule has 2 atom stereocenters. The van der Waals surface area contributed by atoms with Gasteiger partial charge in [0, 0.05) is 17.0 Å². The molecule has 1 aliphatic rings. The van der Waals surface area contributed by atoms with E-state index in [0.717, 1.165) is 28.3 Å². The molecule has 3 aromatic carbocycles. The zero-order valence-electron chi connectivity index (χ0n) is 19.6. The number of aryl methyl sites for hydroxylation is 1. The van der Waals surface area contributed by atoms with Crippen molar-refractivity contribution in [1.29, 1.82) is 0 Å². The molecule has 0 aliphatic carbocycles. The third kappa shape index (κ3) is 4.28. The third-order valence-corrected chi connectivity index (χ3v) is 6.15. The lowest BCUT2D eigenvalue weighted by Gasteiger charge is -2.33. The van der Waals surface area contributed by atoms with Gasteiger partial charge in [0.2, 0.25) is 5.91 Å². The van der Waals surface area contributed by atoms with E-state index in [1.165, 1.54) is 0 Å². The van der Waals surface area contributed by atoms with E-state index in [4.69, 9.17) is 9.84 Å². The highest BCUT2D eigenvalue weighted by molar-refractivity contribution is 6.04. The number of aromatic nitrogens is 2. The largest absolute Gasteiger partial charge is 0.494 e. The van der Waals surface area contributed by atoms with Gasteiger partial charge in [-0.1, -0.05) is 48.5 Å². The van der Waals surface area contributed by atoms with E-state index < -0.39 is 12.0 Å². The van der Waals surface area contributed by atoms with Crippen LogP contribution in [0.4, 0.5) is 5.82 Å². The average molecular weight is 467 g/mol. The van der Waals surface area contributed by atoms with Crippen LogP contribution in [0.3, 0.4) is 0 Å². The minimum absolute atomic E-state index is 0.294. The van der Waals surface area contributed by atoms with E-state index in [-0.39, 0.29) is 11.8 Å². The minimum Gasteiger partial charge on any atom is -0.494 e. The Morgan fingerprint density at radius 3 is 2.31 bits per heavy atom. The summed E-state index contributed by atoms with van der Waals surface area (Å²) in [7, 11) is 0. The van der Waals surface area contributed by atoms with Crippen LogP contribution in [0.2, 0.25) is 0 Å². The molecule has 0 saturated carbocycles. The van der Waals surface area contributed by atoms with Crippen LogP contribution in [0.25, 0.3) is 5.69 Å². The Hall–Kier alpha value is -4.39. The molecule has 4 aromatic rings. The predicted octanol–water partition coefficient (Wildman–Crippen LogP) is 4.46. The van der Waals surface area contributed by atoms with Crippen LogP contribution in [-0.2, 0) is 4.79 Å². The van der Waals surface area contributed by atoms with Crippen LogP contribution in [-0.4, -0.2) is 34.2 Å². The van der Waals surface area contributed by atoms with Crippen LogP contribution in [0.5, 0.6) is 5.75 Å². The van der Waals surface area contributed by atoms with E-state index in [2.05, 4.69) is 10.6 Å². The van der Waals surface area contributed by atoms with E-state index in [1.807, 2.05) is 74.5 Å². The van der Waals surface area contributed by atoms with Crippen molar-refractivity contribution in [3.8, 4) is 11.4 Å². The van der Waals surface area contributed by atoms with Gasteiger partial charge in [-0.2, -0.15) is 5.10 Å². The summed E-state index contributed by atoms with van der Waals surface area (Å²) in [5, 5.41) is 10.7. The first-order valence-corrected chi connectivity index (χ1v) is 11.6. The second-order valence-corrected chi connectivity index (χ2v) is 8.38. The number of anilines is 1. The molecule has 0 bridgehead atoms. The molecule has 0 unspecified atom stereocenters. The maximum atomic E-state index is 13.5. The number of nitrogens with one attached hydrogen (secondary N) is 2. The number of amides is 2. The number of hydrogen-bond donors (Lipinski definition) is 2. The summed E-state index contributed by atoms with van der Waals surface area (Å²) in [6.45, 7) is 4.42. The topological polar surface area (TPSA) is 85.2 Å².